The molecule has 1 amide bonds. The number of carbonyl (C=O) groups excluding carboxylic acids is 1. The molecule has 0 radical (unpaired) electrons. The van der Waals surface area contributed by atoms with E-state index in [1.54, 1.807) is 26.8 Å². The Hall–Kier alpha value is -1.40. The van der Waals surface area contributed by atoms with Crippen LogP contribution in [0.3, 0.4) is 0 Å². The topological polar surface area (TPSA) is 75.3 Å². The van der Waals surface area contributed by atoms with Crippen LogP contribution in [0.2, 0.25) is 0 Å². The molecule has 0 saturated carbocycles. The van der Waals surface area contributed by atoms with Gasteiger partial charge in [-0.2, -0.15) is 0 Å². The van der Waals surface area contributed by atoms with Crippen LogP contribution in [0, 0.1) is 6.92 Å². The summed E-state index contributed by atoms with van der Waals surface area (Å²) >= 11 is 0. The van der Waals surface area contributed by atoms with Gasteiger partial charge in [0, 0.05) is 18.2 Å². The number of carbonyl (C=O) groups is 1. The number of rotatable bonds is 6. The van der Waals surface area contributed by atoms with Crippen molar-refractivity contribution in [1.29, 1.82) is 0 Å². The van der Waals surface area contributed by atoms with Crippen LogP contribution in [-0.4, -0.2) is 26.9 Å². The van der Waals surface area contributed by atoms with E-state index in [2.05, 4.69) is 10.0 Å². The maximum Gasteiger partial charge on any atom is 0.251 e. The van der Waals surface area contributed by atoms with Crippen LogP contribution in [-0.2, 0) is 10.0 Å². The monoisotopic (exact) mass is 298 g/mol. The Balaban J connectivity index is 3.11. The maximum atomic E-state index is 12.1. The number of hydrogen-bond acceptors (Lipinski definition) is 3. The summed E-state index contributed by atoms with van der Waals surface area (Å²) in [7, 11) is -3.58. The zero-order chi connectivity index (χ0) is 15.3. The number of hydrogen-bond donors (Lipinski definition) is 2. The Bertz CT molecular complexity index is 580. The molecule has 0 atom stereocenters. The van der Waals surface area contributed by atoms with Gasteiger partial charge in [0.2, 0.25) is 10.0 Å². The zero-order valence-electron chi connectivity index (χ0n) is 12.4. The van der Waals surface area contributed by atoms with Crippen LogP contribution in [0.15, 0.2) is 23.1 Å². The van der Waals surface area contributed by atoms with Crippen molar-refractivity contribution in [3.8, 4) is 0 Å². The fraction of sp³-hybridized carbons (Fsp3) is 0.500. The number of aryl methyl sites for hydroxylation is 1. The summed E-state index contributed by atoms with van der Waals surface area (Å²) in [5, 5.41) is 2.75. The van der Waals surface area contributed by atoms with Crippen molar-refractivity contribution in [2.45, 2.75) is 45.1 Å². The molecule has 0 aliphatic heterocycles. The van der Waals surface area contributed by atoms with Gasteiger partial charge in [0.25, 0.3) is 5.91 Å². The van der Waals surface area contributed by atoms with Crippen LogP contribution in [0.5, 0.6) is 0 Å². The van der Waals surface area contributed by atoms with E-state index >= 15 is 0 Å². The zero-order valence-corrected chi connectivity index (χ0v) is 13.2. The summed E-state index contributed by atoms with van der Waals surface area (Å²) in [6, 6.07) is 4.39. The molecule has 1 aromatic carbocycles. The van der Waals surface area contributed by atoms with Crippen LogP contribution < -0.4 is 10.0 Å². The predicted octanol–water partition coefficient (Wildman–Crippen LogP) is 1.82. The van der Waals surface area contributed by atoms with Gasteiger partial charge >= 0.3 is 0 Å². The Morgan fingerprint density at radius 1 is 1.30 bits per heavy atom. The van der Waals surface area contributed by atoms with Gasteiger partial charge in [-0.1, -0.05) is 13.0 Å². The van der Waals surface area contributed by atoms with Crippen molar-refractivity contribution in [3.05, 3.63) is 29.3 Å². The van der Waals surface area contributed by atoms with Crippen LogP contribution >= 0.6 is 0 Å². The molecule has 5 nitrogen and oxygen atoms in total. The van der Waals surface area contributed by atoms with Crippen LogP contribution in [0.4, 0.5) is 0 Å². The fourth-order valence-electron chi connectivity index (χ4n) is 1.72. The molecule has 1 aromatic rings. The van der Waals surface area contributed by atoms with E-state index in [-0.39, 0.29) is 16.8 Å². The molecule has 1 rings (SSSR count). The molecule has 0 aliphatic rings. The second kappa shape index (κ2) is 6.85. The van der Waals surface area contributed by atoms with Crippen molar-refractivity contribution in [3.63, 3.8) is 0 Å². The quantitative estimate of drug-likeness (QED) is 0.841. The Labute approximate surface area is 120 Å². The summed E-state index contributed by atoms with van der Waals surface area (Å²) in [6.07, 6.45) is 0.831. The van der Waals surface area contributed by atoms with Gasteiger partial charge in [0.05, 0.1) is 4.90 Å². The average molecular weight is 298 g/mol. The van der Waals surface area contributed by atoms with E-state index in [9.17, 15) is 13.2 Å². The molecule has 20 heavy (non-hydrogen) atoms. The van der Waals surface area contributed by atoms with Crippen molar-refractivity contribution in [2.75, 3.05) is 6.54 Å². The van der Waals surface area contributed by atoms with Gasteiger partial charge in [0.1, 0.15) is 0 Å². The number of sulfonamides is 1. The minimum atomic E-state index is -3.58. The SMILES string of the molecule is CCCNC(=O)c1cc(S(=O)(=O)NC(C)C)ccc1C. The van der Waals surface area contributed by atoms with E-state index in [1.807, 2.05) is 6.92 Å². The Morgan fingerprint density at radius 2 is 1.95 bits per heavy atom. The lowest BCUT2D eigenvalue weighted by Gasteiger charge is -2.12. The van der Waals surface area contributed by atoms with Gasteiger partial charge in [-0.25, -0.2) is 13.1 Å². The van der Waals surface area contributed by atoms with Crippen LogP contribution in [0.25, 0.3) is 0 Å². The third-order valence-electron chi connectivity index (χ3n) is 2.69. The van der Waals surface area contributed by atoms with Crippen LogP contribution in [0.1, 0.15) is 43.1 Å². The standard InChI is InChI=1S/C14H22N2O3S/c1-5-8-15-14(17)13-9-12(7-6-11(13)4)20(18,19)16-10(2)3/h6-7,9-10,16H,5,8H2,1-4H3,(H,15,17). The summed E-state index contributed by atoms with van der Waals surface area (Å²) in [5.41, 5.74) is 1.15. The Morgan fingerprint density at radius 3 is 2.50 bits per heavy atom. The largest absolute Gasteiger partial charge is 0.352 e. The lowest BCUT2D eigenvalue weighted by atomic mass is 10.1. The molecule has 0 fully saturated rings. The second-order valence-electron chi connectivity index (χ2n) is 5.01. The smallest absolute Gasteiger partial charge is 0.251 e. The van der Waals surface area contributed by atoms with Gasteiger partial charge in [-0.3, -0.25) is 4.79 Å². The average Bonchev–Trinajstić information content (AvgIpc) is 2.34. The molecule has 0 heterocycles. The molecule has 0 aromatic heterocycles. The fourth-order valence-corrected chi connectivity index (χ4v) is 3.00. The highest BCUT2D eigenvalue weighted by Gasteiger charge is 2.18. The highest BCUT2D eigenvalue weighted by molar-refractivity contribution is 7.89. The van der Waals surface area contributed by atoms with Gasteiger partial charge in [-0.15, -0.1) is 0 Å². The highest BCUT2D eigenvalue weighted by atomic mass is 32.2. The number of nitrogens with one attached hydrogen (secondary N) is 2. The number of benzene rings is 1. The first-order valence-corrected chi connectivity index (χ1v) is 8.17. The van der Waals surface area contributed by atoms with Crippen molar-refractivity contribution < 1.29 is 13.2 Å². The van der Waals surface area contributed by atoms with Gasteiger partial charge in [-0.05, 0) is 44.9 Å². The minimum absolute atomic E-state index is 0.110. The molecule has 0 unspecified atom stereocenters. The van der Waals surface area contributed by atoms with E-state index in [0.717, 1.165) is 12.0 Å². The summed E-state index contributed by atoms with van der Waals surface area (Å²) in [6.45, 7) is 7.81. The third-order valence-corrected chi connectivity index (χ3v) is 4.35. The molecule has 6 heteroatoms. The molecular formula is C14H22N2O3S. The maximum absolute atomic E-state index is 12.1. The minimum Gasteiger partial charge on any atom is -0.352 e. The molecule has 112 valence electrons. The first-order valence-electron chi connectivity index (χ1n) is 6.69. The summed E-state index contributed by atoms with van der Waals surface area (Å²) in [5.74, 6) is -0.244. The van der Waals surface area contributed by atoms with Crippen molar-refractivity contribution >= 4 is 15.9 Å². The molecular weight excluding hydrogens is 276 g/mol. The molecule has 0 saturated heterocycles. The van der Waals surface area contributed by atoms with Crippen molar-refractivity contribution in [2.24, 2.45) is 0 Å². The normalized spacial score (nSPS) is 11.7. The van der Waals surface area contributed by atoms with E-state index in [4.69, 9.17) is 0 Å². The molecule has 0 bridgehead atoms. The summed E-state index contributed by atoms with van der Waals surface area (Å²) < 4.78 is 26.7. The van der Waals surface area contributed by atoms with E-state index in [0.29, 0.717) is 12.1 Å². The first kappa shape index (κ1) is 16.7. The molecule has 0 aliphatic carbocycles. The molecule has 0 spiro atoms. The number of amides is 1. The first-order chi connectivity index (χ1) is 9.27. The lowest BCUT2D eigenvalue weighted by molar-refractivity contribution is 0.0953. The van der Waals surface area contributed by atoms with E-state index < -0.39 is 10.0 Å². The Kier molecular flexibility index (Phi) is 5.71. The third kappa shape index (κ3) is 4.31. The van der Waals surface area contributed by atoms with Gasteiger partial charge < -0.3 is 5.32 Å². The predicted molar refractivity (Wildman–Crippen MR) is 79.3 cm³/mol. The highest BCUT2D eigenvalue weighted by Crippen LogP contribution is 2.16. The summed E-state index contributed by atoms with van der Waals surface area (Å²) in [4.78, 5) is 12.1. The second-order valence-corrected chi connectivity index (χ2v) is 6.72. The van der Waals surface area contributed by atoms with Crippen molar-refractivity contribution in [1.82, 2.24) is 10.0 Å². The molecule has 2 N–H and O–H groups in total. The van der Waals surface area contributed by atoms with E-state index in [1.165, 1.54) is 12.1 Å². The lowest BCUT2D eigenvalue weighted by Crippen LogP contribution is -2.31. The van der Waals surface area contributed by atoms with Gasteiger partial charge in [0.15, 0.2) is 0 Å².